The van der Waals surface area contributed by atoms with E-state index in [0.717, 1.165) is 6.42 Å². The minimum Gasteiger partial charge on any atom is -0.372 e. The van der Waals surface area contributed by atoms with Crippen molar-refractivity contribution in [3.63, 3.8) is 0 Å². The zero-order valence-electron chi connectivity index (χ0n) is 11.6. The molecule has 2 unspecified atom stereocenters. The second-order valence-corrected chi connectivity index (χ2v) is 6.59. The number of anilines is 1. The number of hydrogen-bond acceptors (Lipinski definition) is 3. The first-order valence-electron chi connectivity index (χ1n) is 6.62. The molecule has 0 bridgehead atoms. The Labute approximate surface area is 141 Å². The van der Waals surface area contributed by atoms with Gasteiger partial charge in [-0.05, 0) is 41.4 Å². The lowest BCUT2D eigenvalue weighted by Crippen LogP contribution is -2.40. The molecule has 1 aliphatic rings. The molecule has 0 aromatic heterocycles. The number of benzene rings is 1. The molecule has 1 aliphatic heterocycles. The highest BCUT2D eigenvalue weighted by Gasteiger charge is 2.40. The van der Waals surface area contributed by atoms with Crippen LogP contribution in [0.4, 0.5) is 5.69 Å². The van der Waals surface area contributed by atoms with Gasteiger partial charge in [0.15, 0.2) is 0 Å². The number of halogens is 3. The highest BCUT2D eigenvalue weighted by atomic mass is 79.9. The molecule has 1 aromatic carbocycles. The van der Waals surface area contributed by atoms with Crippen LogP contribution in [0.1, 0.15) is 26.7 Å². The zero-order valence-corrected chi connectivity index (χ0v) is 14.7. The Morgan fingerprint density at radius 3 is 2.67 bits per heavy atom. The van der Waals surface area contributed by atoms with Crippen molar-refractivity contribution >= 4 is 56.6 Å². The fourth-order valence-corrected chi connectivity index (χ4v) is 3.06. The van der Waals surface area contributed by atoms with Gasteiger partial charge in [-0.2, -0.15) is 0 Å². The van der Waals surface area contributed by atoms with Crippen LogP contribution in [0.2, 0.25) is 10.0 Å². The van der Waals surface area contributed by atoms with Gasteiger partial charge in [0.05, 0.1) is 22.2 Å². The molecule has 2 atom stereocenters. The first kappa shape index (κ1) is 16.6. The summed E-state index contributed by atoms with van der Waals surface area (Å²) in [6.07, 6.45) is 0.863. The molecule has 0 spiro atoms. The maximum absolute atomic E-state index is 12.3. The van der Waals surface area contributed by atoms with E-state index in [1.54, 1.807) is 12.1 Å². The van der Waals surface area contributed by atoms with E-state index in [1.807, 2.05) is 13.8 Å². The number of nitrogens with one attached hydrogen (secondary N) is 1. The standard InChI is InChI=1S/C14H15BrCl2N2O2/c1-3-7(2)19-11(20)6-10(14(19)21)18-9-5-4-8(15)12(16)13(9)17/h4-5,7,10,18H,3,6H2,1-2H3. The van der Waals surface area contributed by atoms with E-state index in [1.165, 1.54) is 4.90 Å². The van der Waals surface area contributed by atoms with E-state index >= 15 is 0 Å². The molecule has 1 heterocycles. The molecule has 114 valence electrons. The van der Waals surface area contributed by atoms with Gasteiger partial charge in [0, 0.05) is 10.5 Å². The molecule has 0 aliphatic carbocycles. The summed E-state index contributed by atoms with van der Waals surface area (Å²) in [5.41, 5.74) is 0.544. The topological polar surface area (TPSA) is 49.4 Å². The summed E-state index contributed by atoms with van der Waals surface area (Å²) in [6, 6.07) is 2.77. The Kier molecular flexibility index (Phi) is 5.17. The van der Waals surface area contributed by atoms with Crippen LogP contribution in [0.25, 0.3) is 0 Å². The van der Waals surface area contributed by atoms with Crippen molar-refractivity contribution in [2.75, 3.05) is 5.32 Å². The SMILES string of the molecule is CCC(C)N1C(=O)CC(Nc2ccc(Br)c(Cl)c2Cl)C1=O. The molecule has 21 heavy (non-hydrogen) atoms. The third kappa shape index (κ3) is 3.20. The van der Waals surface area contributed by atoms with Gasteiger partial charge < -0.3 is 5.32 Å². The number of imide groups is 1. The first-order chi connectivity index (χ1) is 9.86. The summed E-state index contributed by atoms with van der Waals surface area (Å²) in [4.78, 5) is 25.7. The molecule has 4 nitrogen and oxygen atoms in total. The van der Waals surface area contributed by atoms with Crippen molar-refractivity contribution in [2.24, 2.45) is 0 Å². The van der Waals surface area contributed by atoms with E-state index in [2.05, 4.69) is 21.2 Å². The maximum Gasteiger partial charge on any atom is 0.252 e. The number of likely N-dealkylation sites (tertiary alicyclic amines) is 1. The summed E-state index contributed by atoms with van der Waals surface area (Å²) in [5.74, 6) is -0.379. The highest BCUT2D eigenvalue weighted by Crippen LogP contribution is 2.36. The lowest BCUT2D eigenvalue weighted by Gasteiger charge is -2.22. The Morgan fingerprint density at radius 2 is 2.05 bits per heavy atom. The van der Waals surface area contributed by atoms with Gasteiger partial charge in [0.25, 0.3) is 5.91 Å². The fraction of sp³-hybridized carbons (Fsp3) is 0.429. The summed E-state index contributed by atoms with van der Waals surface area (Å²) in [6.45, 7) is 3.80. The van der Waals surface area contributed by atoms with Crippen LogP contribution in [0.3, 0.4) is 0 Å². The molecule has 1 N–H and O–H groups in total. The molecule has 2 amide bonds. The second kappa shape index (κ2) is 6.55. The van der Waals surface area contributed by atoms with E-state index in [9.17, 15) is 9.59 Å². The molecular formula is C14H15BrCl2N2O2. The van der Waals surface area contributed by atoms with Gasteiger partial charge >= 0.3 is 0 Å². The van der Waals surface area contributed by atoms with Crippen molar-refractivity contribution in [3.8, 4) is 0 Å². The van der Waals surface area contributed by atoms with E-state index in [4.69, 9.17) is 23.2 Å². The average molecular weight is 394 g/mol. The van der Waals surface area contributed by atoms with Crippen LogP contribution in [-0.4, -0.2) is 28.8 Å². The quantitative estimate of drug-likeness (QED) is 0.618. The van der Waals surface area contributed by atoms with E-state index in [0.29, 0.717) is 20.2 Å². The molecule has 1 saturated heterocycles. The van der Waals surface area contributed by atoms with Crippen LogP contribution in [0, 0.1) is 0 Å². The molecule has 2 rings (SSSR count). The molecule has 0 saturated carbocycles. The van der Waals surface area contributed by atoms with Crippen molar-refractivity contribution in [3.05, 3.63) is 26.7 Å². The maximum atomic E-state index is 12.3. The Balaban J connectivity index is 2.20. The van der Waals surface area contributed by atoms with Gasteiger partial charge in [-0.25, -0.2) is 0 Å². The van der Waals surface area contributed by atoms with Crippen LogP contribution >= 0.6 is 39.1 Å². The summed E-state index contributed by atoms with van der Waals surface area (Å²) in [7, 11) is 0. The largest absolute Gasteiger partial charge is 0.372 e. The van der Waals surface area contributed by atoms with Crippen LogP contribution < -0.4 is 5.32 Å². The van der Waals surface area contributed by atoms with Crippen LogP contribution in [0.15, 0.2) is 16.6 Å². The molecule has 0 radical (unpaired) electrons. The number of hydrogen-bond donors (Lipinski definition) is 1. The van der Waals surface area contributed by atoms with Gasteiger partial charge in [0.1, 0.15) is 6.04 Å². The van der Waals surface area contributed by atoms with Crippen LogP contribution in [-0.2, 0) is 9.59 Å². The smallest absolute Gasteiger partial charge is 0.252 e. The molecule has 1 aromatic rings. The van der Waals surface area contributed by atoms with Gasteiger partial charge in [-0.3, -0.25) is 14.5 Å². The third-order valence-electron chi connectivity index (χ3n) is 3.58. The number of carbonyl (C=O) groups excluding carboxylic acids is 2. The van der Waals surface area contributed by atoms with Crippen molar-refractivity contribution < 1.29 is 9.59 Å². The normalized spacial score (nSPS) is 20.0. The predicted molar refractivity (Wildman–Crippen MR) is 87.8 cm³/mol. The monoisotopic (exact) mass is 392 g/mol. The summed E-state index contributed by atoms with van der Waals surface area (Å²) in [5, 5.41) is 3.72. The minimum atomic E-state index is -0.596. The lowest BCUT2D eigenvalue weighted by atomic mass is 10.2. The van der Waals surface area contributed by atoms with Gasteiger partial charge in [-0.1, -0.05) is 30.1 Å². The Bertz CT molecular complexity index is 595. The molecular weight excluding hydrogens is 379 g/mol. The predicted octanol–water partition coefficient (Wildman–Crippen LogP) is 4.09. The molecule has 1 fully saturated rings. The lowest BCUT2D eigenvalue weighted by molar-refractivity contribution is -0.140. The molecule has 7 heteroatoms. The minimum absolute atomic E-state index is 0.0965. The Hall–Kier alpha value is -0.780. The number of rotatable bonds is 4. The summed E-state index contributed by atoms with van der Waals surface area (Å²) >= 11 is 15.5. The fourth-order valence-electron chi connectivity index (χ4n) is 2.23. The van der Waals surface area contributed by atoms with Gasteiger partial charge in [0.2, 0.25) is 5.91 Å². The number of carbonyl (C=O) groups is 2. The highest BCUT2D eigenvalue weighted by molar-refractivity contribution is 9.10. The van der Waals surface area contributed by atoms with E-state index < -0.39 is 6.04 Å². The van der Waals surface area contributed by atoms with Crippen LogP contribution in [0.5, 0.6) is 0 Å². The van der Waals surface area contributed by atoms with E-state index in [-0.39, 0.29) is 24.3 Å². The average Bonchev–Trinajstić information content (AvgIpc) is 2.73. The van der Waals surface area contributed by atoms with Crippen molar-refractivity contribution in [1.29, 1.82) is 0 Å². The number of amides is 2. The van der Waals surface area contributed by atoms with Crippen molar-refractivity contribution in [1.82, 2.24) is 4.90 Å². The Morgan fingerprint density at radius 1 is 1.38 bits per heavy atom. The first-order valence-corrected chi connectivity index (χ1v) is 8.17. The van der Waals surface area contributed by atoms with Crippen molar-refractivity contribution in [2.45, 2.75) is 38.8 Å². The second-order valence-electron chi connectivity index (χ2n) is 4.98. The zero-order chi connectivity index (χ0) is 15.7. The van der Waals surface area contributed by atoms with Gasteiger partial charge in [-0.15, -0.1) is 0 Å². The number of nitrogens with zero attached hydrogens (tertiary/aromatic N) is 1. The summed E-state index contributed by atoms with van der Waals surface area (Å²) < 4.78 is 0.676. The third-order valence-corrected chi connectivity index (χ3v) is 5.35.